The van der Waals surface area contributed by atoms with E-state index in [0.29, 0.717) is 6.42 Å². The van der Waals surface area contributed by atoms with Crippen LogP contribution in [0.5, 0.6) is 0 Å². The molecule has 0 amide bonds. The van der Waals surface area contributed by atoms with Gasteiger partial charge in [-0.15, -0.1) is 0 Å². The molecule has 0 saturated heterocycles. The van der Waals surface area contributed by atoms with Crippen molar-refractivity contribution >= 4 is 57.7 Å². The molecule has 0 N–H and O–H groups in total. The molecule has 50 valence electrons. The fraction of sp³-hybridized carbons (Fsp3) is 0.833. The first-order valence-corrected chi connectivity index (χ1v) is 2.85. The van der Waals surface area contributed by atoms with Gasteiger partial charge in [0.05, 0.1) is 0 Å². The van der Waals surface area contributed by atoms with Crippen LogP contribution in [0.4, 0.5) is 0 Å². The maximum atomic E-state index is 9.77. The molecule has 0 heterocycles. The van der Waals surface area contributed by atoms with E-state index in [1.54, 1.807) is 0 Å². The van der Waals surface area contributed by atoms with Crippen LogP contribution in [0, 0.1) is 0 Å². The van der Waals surface area contributed by atoms with Gasteiger partial charge in [0.2, 0.25) is 0 Å². The van der Waals surface area contributed by atoms with Crippen LogP contribution < -0.4 is 0 Å². The van der Waals surface area contributed by atoms with Crippen LogP contribution in [-0.4, -0.2) is 83.2 Å². The van der Waals surface area contributed by atoms with Crippen LogP contribution in [0.1, 0.15) is 12.8 Å². The van der Waals surface area contributed by atoms with Crippen molar-refractivity contribution in [2.45, 2.75) is 12.8 Å². The van der Waals surface area contributed by atoms with Gasteiger partial charge in [-0.05, 0) is 27.1 Å². The Bertz CT molecular complexity index is 66.1. The molecule has 0 aromatic rings. The van der Waals surface area contributed by atoms with Crippen LogP contribution in [0.3, 0.4) is 0 Å². The van der Waals surface area contributed by atoms with E-state index < -0.39 is 0 Å². The monoisotopic (exact) mass is 155 g/mol. The number of aldehydes is 1. The molecule has 0 aromatic carbocycles. The Morgan fingerprint density at radius 2 is 2.00 bits per heavy atom. The third-order valence-corrected chi connectivity index (χ3v) is 0.927. The van der Waals surface area contributed by atoms with Gasteiger partial charge in [0.25, 0.3) is 0 Å². The molecule has 0 saturated carbocycles. The van der Waals surface area contributed by atoms with Crippen LogP contribution >= 0.6 is 0 Å². The molecule has 0 rings (SSSR count). The molecule has 2 nitrogen and oxygen atoms in total. The number of unbranched alkanes of at least 4 members (excludes halogenated alkanes) is 1. The average Bonchev–Trinajstić information content (AvgIpc) is 1.66. The number of hydrogen-bond acceptors (Lipinski definition) is 2. The molecular formula is C6H14KNO. The van der Waals surface area contributed by atoms with Crippen molar-refractivity contribution in [1.29, 1.82) is 0 Å². The van der Waals surface area contributed by atoms with E-state index in [0.717, 1.165) is 19.3 Å². The van der Waals surface area contributed by atoms with E-state index in [9.17, 15) is 4.79 Å². The van der Waals surface area contributed by atoms with Gasteiger partial charge < -0.3 is 9.69 Å². The SMILES string of the molecule is CN(C)CCCC=O.[KH]. The summed E-state index contributed by atoms with van der Waals surface area (Å²) < 4.78 is 0. The van der Waals surface area contributed by atoms with E-state index >= 15 is 0 Å². The van der Waals surface area contributed by atoms with Crippen molar-refractivity contribution in [3.05, 3.63) is 0 Å². The van der Waals surface area contributed by atoms with Gasteiger partial charge in [-0.1, -0.05) is 0 Å². The van der Waals surface area contributed by atoms with Crippen molar-refractivity contribution in [2.75, 3.05) is 20.6 Å². The fourth-order valence-electron chi connectivity index (χ4n) is 0.491. The summed E-state index contributed by atoms with van der Waals surface area (Å²) in [4.78, 5) is 11.8. The zero-order chi connectivity index (χ0) is 6.41. The Labute approximate surface area is 99.4 Å². The van der Waals surface area contributed by atoms with E-state index in [-0.39, 0.29) is 51.4 Å². The second-order valence-electron chi connectivity index (χ2n) is 2.11. The molecule has 0 aliphatic rings. The fourth-order valence-corrected chi connectivity index (χ4v) is 0.491. The summed E-state index contributed by atoms with van der Waals surface area (Å²) in [6.45, 7) is 1.01. The van der Waals surface area contributed by atoms with Crippen molar-refractivity contribution in [1.82, 2.24) is 4.90 Å². The third kappa shape index (κ3) is 12.5. The quantitative estimate of drug-likeness (QED) is 0.320. The summed E-state index contributed by atoms with van der Waals surface area (Å²) in [5.41, 5.74) is 0. The van der Waals surface area contributed by atoms with Crippen molar-refractivity contribution in [2.24, 2.45) is 0 Å². The van der Waals surface area contributed by atoms with Gasteiger partial charge in [-0.2, -0.15) is 0 Å². The number of carbonyl (C=O) groups excluding carboxylic acids is 1. The Morgan fingerprint density at radius 1 is 1.44 bits per heavy atom. The predicted molar refractivity (Wildman–Crippen MR) is 41.0 cm³/mol. The molecule has 9 heavy (non-hydrogen) atoms. The van der Waals surface area contributed by atoms with Gasteiger partial charge in [0.1, 0.15) is 6.29 Å². The van der Waals surface area contributed by atoms with Gasteiger partial charge in [-0.25, -0.2) is 0 Å². The molecule has 0 aliphatic carbocycles. The van der Waals surface area contributed by atoms with Crippen molar-refractivity contribution < 1.29 is 4.79 Å². The Balaban J connectivity index is 0. The molecular weight excluding hydrogens is 141 g/mol. The molecule has 0 aliphatic heterocycles. The summed E-state index contributed by atoms with van der Waals surface area (Å²) in [6, 6.07) is 0. The van der Waals surface area contributed by atoms with Gasteiger partial charge in [0.15, 0.2) is 0 Å². The second kappa shape index (κ2) is 9.27. The molecule has 3 heteroatoms. The van der Waals surface area contributed by atoms with E-state index in [4.69, 9.17) is 0 Å². The van der Waals surface area contributed by atoms with E-state index in [1.165, 1.54) is 0 Å². The van der Waals surface area contributed by atoms with Crippen molar-refractivity contribution in [3.8, 4) is 0 Å². The normalized spacial score (nSPS) is 8.78. The first kappa shape index (κ1) is 12.9. The van der Waals surface area contributed by atoms with Crippen LogP contribution in [0.15, 0.2) is 0 Å². The Kier molecular flexibility index (Phi) is 13.3. The number of hydrogen-bond donors (Lipinski definition) is 0. The zero-order valence-electron chi connectivity index (χ0n) is 5.55. The number of carbonyl (C=O) groups is 1. The van der Waals surface area contributed by atoms with Gasteiger partial charge >= 0.3 is 51.4 Å². The standard InChI is InChI=1S/C6H13NO.K.H/c1-7(2)5-3-4-6-8;;/h6H,3-5H2,1-2H3;;. The van der Waals surface area contributed by atoms with Crippen LogP contribution in [-0.2, 0) is 4.79 Å². The van der Waals surface area contributed by atoms with Crippen molar-refractivity contribution in [3.63, 3.8) is 0 Å². The summed E-state index contributed by atoms with van der Waals surface area (Å²) >= 11 is 0. The predicted octanol–water partition coefficient (Wildman–Crippen LogP) is -0.121. The van der Waals surface area contributed by atoms with Gasteiger partial charge in [0, 0.05) is 6.42 Å². The molecule has 0 radical (unpaired) electrons. The molecule has 0 aromatic heterocycles. The molecule has 0 atom stereocenters. The molecule has 0 unspecified atom stereocenters. The molecule has 0 fully saturated rings. The zero-order valence-corrected chi connectivity index (χ0v) is 5.55. The first-order chi connectivity index (χ1) is 3.77. The van der Waals surface area contributed by atoms with E-state index in [2.05, 4.69) is 4.90 Å². The Hall–Kier alpha value is 1.27. The van der Waals surface area contributed by atoms with Crippen LogP contribution in [0.2, 0.25) is 0 Å². The topological polar surface area (TPSA) is 20.3 Å². The summed E-state index contributed by atoms with van der Waals surface area (Å²) in [5, 5.41) is 0. The van der Waals surface area contributed by atoms with Crippen LogP contribution in [0.25, 0.3) is 0 Å². The molecule has 0 bridgehead atoms. The number of rotatable bonds is 4. The van der Waals surface area contributed by atoms with E-state index in [1.807, 2.05) is 14.1 Å². The summed E-state index contributed by atoms with van der Waals surface area (Å²) in [6.07, 6.45) is 2.64. The van der Waals surface area contributed by atoms with Gasteiger partial charge in [-0.3, -0.25) is 0 Å². The minimum absolute atomic E-state index is 0. The first-order valence-electron chi connectivity index (χ1n) is 2.85. The number of nitrogens with zero attached hydrogens (tertiary/aromatic N) is 1. The molecule has 0 spiro atoms. The minimum atomic E-state index is 0. The summed E-state index contributed by atoms with van der Waals surface area (Å²) in [5.74, 6) is 0. The average molecular weight is 155 g/mol. The maximum absolute atomic E-state index is 9.77. The second-order valence-corrected chi connectivity index (χ2v) is 2.11. The third-order valence-electron chi connectivity index (χ3n) is 0.927. The summed E-state index contributed by atoms with van der Waals surface area (Å²) in [7, 11) is 4.01. The Morgan fingerprint density at radius 3 is 2.33 bits per heavy atom.